The average Bonchev–Trinajstić information content (AvgIpc) is 3.12. The van der Waals surface area contributed by atoms with E-state index in [2.05, 4.69) is 25.1 Å². The first kappa shape index (κ1) is 13.6. The van der Waals surface area contributed by atoms with E-state index in [1.165, 1.54) is 4.40 Å². The maximum atomic E-state index is 12.1. The van der Waals surface area contributed by atoms with Crippen molar-refractivity contribution in [3.63, 3.8) is 0 Å². The summed E-state index contributed by atoms with van der Waals surface area (Å²) in [6.45, 7) is 0. The predicted octanol–water partition coefficient (Wildman–Crippen LogP) is 1.67. The van der Waals surface area contributed by atoms with Crippen molar-refractivity contribution in [3.05, 3.63) is 38.7 Å². The minimum absolute atomic E-state index is 0.225. The second kappa shape index (κ2) is 4.56. The molecule has 8 heteroatoms. The summed E-state index contributed by atoms with van der Waals surface area (Å²) < 4.78 is 28.9. The first-order valence-corrected chi connectivity index (χ1v) is 8.57. The van der Waals surface area contributed by atoms with E-state index in [1.807, 2.05) is 6.07 Å². The van der Waals surface area contributed by atoms with Gasteiger partial charge in [0, 0.05) is 6.20 Å². The monoisotopic (exact) mass is 358 g/mol. The fraction of sp³-hybridized carbons (Fsp3) is 0.333. The Morgan fingerprint density at radius 2 is 2.10 bits per heavy atom. The number of nitrogens with zero attached hydrogens (tertiary/aromatic N) is 2. The summed E-state index contributed by atoms with van der Waals surface area (Å²) in [5, 5.41) is 0. The van der Waals surface area contributed by atoms with Gasteiger partial charge in [-0.25, -0.2) is 0 Å². The largest absolute Gasteiger partial charge is 0.362 e. The molecule has 0 bridgehead atoms. The van der Waals surface area contributed by atoms with Crippen LogP contribution < -0.4 is 9.74 Å². The van der Waals surface area contributed by atoms with Gasteiger partial charge >= 0.3 is 10.1 Å². The molecule has 1 aliphatic rings. The van der Waals surface area contributed by atoms with Crippen LogP contribution in [0.1, 0.15) is 24.3 Å². The number of hydrogen-bond donors (Lipinski definition) is 0. The highest BCUT2D eigenvalue weighted by molar-refractivity contribution is 9.10. The summed E-state index contributed by atoms with van der Waals surface area (Å²) in [7, 11) is -3.71. The Balaban J connectivity index is 2.19. The first-order chi connectivity index (χ1) is 9.33. The lowest BCUT2D eigenvalue weighted by molar-refractivity contribution is 0.482. The predicted molar refractivity (Wildman–Crippen MR) is 76.6 cm³/mol. The number of halogens is 1. The van der Waals surface area contributed by atoms with Gasteiger partial charge in [0.05, 0.1) is 16.8 Å². The Kier molecular flexibility index (Phi) is 3.09. The summed E-state index contributed by atoms with van der Waals surface area (Å²) in [6, 6.07) is 2.97. The summed E-state index contributed by atoms with van der Waals surface area (Å²) in [5.41, 5.74) is 1.03. The average molecular weight is 359 g/mol. The molecule has 20 heavy (non-hydrogen) atoms. The van der Waals surface area contributed by atoms with Gasteiger partial charge in [-0.3, -0.25) is 9.20 Å². The Bertz CT molecular complexity index is 856. The minimum Gasteiger partial charge on any atom is -0.362 e. The quantitative estimate of drug-likeness (QED) is 0.780. The zero-order valence-corrected chi connectivity index (χ0v) is 12.9. The first-order valence-electron chi connectivity index (χ1n) is 5.96. The van der Waals surface area contributed by atoms with E-state index >= 15 is 0 Å². The fourth-order valence-electron chi connectivity index (χ4n) is 2.00. The maximum Gasteiger partial charge on any atom is 0.307 e. The molecule has 0 radical (unpaired) electrons. The molecule has 0 aromatic carbocycles. The molecule has 0 N–H and O–H groups in total. The van der Waals surface area contributed by atoms with Crippen molar-refractivity contribution >= 4 is 31.7 Å². The van der Waals surface area contributed by atoms with Crippen LogP contribution >= 0.6 is 15.9 Å². The van der Waals surface area contributed by atoms with Gasteiger partial charge in [-0.2, -0.15) is 13.4 Å². The molecular weight excluding hydrogens is 348 g/mol. The van der Waals surface area contributed by atoms with Crippen LogP contribution in [0, 0.1) is 0 Å². The molecule has 2 aromatic rings. The van der Waals surface area contributed by atoms with Gasteiger partial charge in [-0.1, -0.05) is 0 Å². The molecular formula is C12H11BrN2O4S. The smallest absolute Gasteiger partial charge is 0.307 e. The zero-order chi connectivity index (χ0) is 14.5. The van der Waals surface area contributed by atoms with E-state index in [0.29, 0.717) is 16.0 Å². The maximum absolute atomic E-state index is 12.1. The number of aromatic nitrogens is 2. The van der Waals surface area contributed by atoms with Crippen LogP contribution in [0.4, 0.5) is 0 Å². The van der Waals surface area contributed by atoms with Gasteiger partial charge in [-0.15, -0.1) is 0 Å². The van der Waals surface area contributed by atoms with Crippen LogP contribution in [-0.4, -0.2) is 24.1 Å². The fourth-order valence-corrected chi connectivity index (χ4v) is 2.94. The third-order valence-electron chi connectivity index (χ3n) is 3.00. The lowest BCUT2D eigenvalue weighted by Crippen LogP contribution is -2.17. The highest BCUT2D eigenvalue weighted by Gasteiger charge is 2.25. The number of rotatable bonds is 3. The van der Waals surface area contributed by atoms with Gasteiger partial charge in [0.2, 0.25) is 5.88 Å². The topological polar surface area (TPSA) is 77.7 Å². The lowest BCUT2D eigenvalue weighted by atomic mass is 10.2. The van der Waals surface area contributed by atoms with Crippen LogP contribution in [0.5, 0.6) is 5.88 Å². The Labute approximate surface area is 123 Å². The SMILES string of the molecule is CS(=O)(=O)Oc1cc(=O)n2cc(C3CC3)cc(Br)c2n1. The van der Waals surface area contributed by atoms with Gasteiger partial charge in [0.15, 0.2) is 5.65 Å². The molecule has 0 aliphatic heterocycles. The van der Waals surface area contributed by atoms with Crippen LogP contribution in [0.25, 0.3) is 5.65 Å². The molecule has 1 saturated carbocycles. The van der Waals surface area contributed by atoms with E-state index in [0.717, 1.165) is 30.7 Å². The van der Waals surface area contributed by atoms with E-state index in [4.69, 9.17) is 0 Å². The Hall–Kier alpha value is -1.41. The normalized spacial score (nSPS) is 15.5. The van der Waals surface area contributed by atoms with E-state index in [9.17, 15) is 13.2 Å². The van der Waals surface area contributed by atoms with Gasteiger partial charge in [-0.05, 0) is 46.3 Å². The molecule has 3 rings (SSSR count). The number of pyridine rings is 1. The minimum atomic E-state index is -3.71. The van der Waals surface area contributed by atoms with E-state index < -0.39 is 10.1 Å². The summed E-state index contributed by atoms with van der Waals surface area (Å²) >= 11 is 3.36. The molecule has 1 fully saturated rings. The molecule has 0 spiro atoms. The molecule has 1 aliphatic carbocycles. The molecule has 0 unspecified atom stereocenters. The van der Waals surface area contributed by atoms with Crippen molar-refractivity contribution in [1.82, 2.24) is 9.38 Å². The van der Waals surface area contributed by atoms with Gasteiger partial charge < -0.3 is 4.18 Å². The molecule has 2 aromatic heterocycles. The van der Waals surface area contributed by atoms with E-state index in [1.54, 1.807) is 6.20 Å². The highest BCUT2D eigenvalue weighted by Crippen LogP contribution is 2.41. The van der Waals surface area contributed by atoms with E-state index in [-0.39, 0.29) is 11.4 Å². The molecule has 0 amide bonds. The highest BCUT2D eigenvalue weighted by atomic mass is 79.9. The standard InChI is InChI=1S/C12H11BrN2O4S/c1-20(17,18)19-10-5-11(16)15-6-8(7-2-3-7)4-9(13)12(15)14-10/h4-7H,2-3H2,1H3. The van der Waals surface area contributed by atoms with Crippen molar-refractivity contribution in [2.45, 2.75) is 18.8 Å². The molecule has 0 atom stereocenters. The van der Waals surface area contributed by atoms with Crippen molar-refractivity contribution in [1.29, 1.82) is 0 Å². The third kappa shape index (κ3) is 2.71. The van der Waals surface area contributed by atoms with Crippen molar-refractivity contribution in [3.8, 4) is 5.88 Å². The third-order valence-corrected chi connectivity index (χ3v) is 4.06. The van der Waals surface area contributed by atoms with Crippen LogP contribution in [0.3, 0.4) is 0 Å². The molecule has 2 heterocycles. The van der Waals surface area contributed by atoms with Gasteiger partial charge in [0.25, 0.3) is 5.56 Å². The number of fused-ring (bicyclic) bond motifs is 1. The summed E-state index contributed by atoms with van der Waals surface area (Å²) in [4.78, 5) is 16.1. The van der Waals surface area contributed by atoms with Crippen LogP contribution in [-0.2, 0) is 10.1 Å². The number of hydrogen-bond acceptors (Lipinski definition) is 5. The van der Waals surface area contributed by atoms with Gasteiger partial charge in [0.1, 0.15) is 0 Å². The summed E-state index contributed by atoms with van der Waals surface area (Å²) in [5.74, 6) is 0.270. The Morgan fingerprint density at radius 3 is 2.70 bits per heavy atom. The zero-order valence-electron chi connectivity index (χ0n) is 10.5. The lowest BCUT2D eigenvalue weighted by Gasteiger charge is -2.08. The van der Waals surface area contributed by atoms with Crippen LogP contribution in [0.2, 0.25) is 0 Å². The molecule has 106 valence electrons. The molecule has 0 saturated heterocycles. The summed E-state index contributed by atoms with van der Waals surface area (Å²) in [6.07, 6.45) is 4.89. The van der Waals surface area contributed by atoms with Crippen molar-refractivity contribution in [2.75, 3.05) is 6.26 Å². The Morgan fingerprint density at radius 1 is 1.40 bits per heavy atom. The second-order valence-electron chi connectivity index (χ2n) is 4.81. The van der Waals surface area contributed by atoms with Crippen molar-refractivity contribution in [2.24, 2.45) is 0 Å². The van der Waals surface area contributed by atoms with Crippen LogP contribution in [0.15, 0.2) is 27.6 Å². The van der Waals surface area contributed by atoms with Crippen molar-refractivity contribution < 1.29 is 12.6 Å². The second-order valence-corrected chi connectivity index (χ2v) is 7.24. The molecule has 6 nitrogen and oxygen atoms in total.